The predicted molar refractivity (Wildman–Crippen MR) is 121 cm³/mol. The maximum atomic E-state index is 12.3. The Hall–Kier alpha value is -3.33. The fraction of sp³-hybridized carbons (Fsp3) is 0.261. The summed E-state index contributed by atoms with van der Waals surface area (Å²) in [6.07, 6.45) is 1.58. The number of esters is 2. The van der Waals surface area contributed by atoms with Gasteiger partial charge in [-0.3, -0.25) is 0 Å². The molecule has 0 radical (unpaired) electrons. The first-order valence-electron chi connectivity index (χ1n) is 9.86. The van der Waals surface area contributed by atoms with Crippen LogP contribution in [-0.2, 0) is 19.1 Å². The molecule has 0 saturated carbocycles. The van der Waals surface area contributed by atoms with Gasteiger partial charge in [0, 0.05) is 5.56 Å². The molecule has 1 aliphatic heterocycles. The normalized spacial score (nSPS) is 14.1. The van der Waals surface area contributed by atoms with Gasteiger partial charge in [-0.15, -0.1) is 0 Å². The van der Waals surface area contributed by atoms with Crippen LogP contribution in [0.25, 0.3) is 6.08 Å². The molecule has 8 nitrogen and oxygen atoms in total. The second kappa shape index (κ2) is 10.8. The summed E-state index contributed by atoms with van der Waals surface area (Å²) in [5, 5.41) is 0. The van der Waals surface area contributed by atoms with E-state index in [-0.39, 0.29) is 24.8 Å². The maximum Gasteiger partial charge on any atom is 0.363 e. The minimum absolute atomic E-state index is 0.144. The van der Waals surface area contributed by atoms with Gasteiger partial charge in [0.25, 0.3) is 0 Å². The van der Waals surface area contributed by atoms with Crippen LogP contribution in [0.5, 0.6) is 17.2 Å². The zero-order chi connectivity index (χ0) is 23.1. The Balaban J connectivity index is 1.87. The summed E-state index contributed by atoms with van der Waals surface area (Å²) < 4.78 is 27.1. The largest absolute Gasteiger partial charge is 0.497 e. The predicted octanol–water partition coefficient (Wildman–Crippen LogP) is 4.14. The van der Waals surface area contributed by atoms with Crippen molar-refractivity contribution in [1.82, 2.24) is 0 Å². The molecule has 0 aromatic heterocycles. The van der Waals surface area contributed by atoms with Gasteiger partial charge in [-0.25, -0.2) is 14.6 Å². The third kappa shape index (κ3) is 5.67. The molecule has 0 spiro atoms. The number of halogens is 1. The summed E-state index contributed by atoms with van der Waals surface area (Å²) in [6.45, 7) is 3.94. The van der Waals surface area contributed by atoms with Crippen molar-refractivity contribution >= 4 is 39.8 Å². The second-order valence-corrected chi connectivity index (χ2v) is 7.28. The van der Waals surface area contributed by atoms with E-state index in [1.54, 1.807) is 56.5 Å². The van der Waals surface area contributed by atoms with Crippen molar-refractivity contribution in [3.8, 4) is 17.2 Å². The molecule has 2 aromatic rings. The molecule has 1 heterocycles. The molecular formula is C23H22BrNO7. The Morgan fingerprint density at radius 3 is 2.53 bits per heavy atom. The molecule has 0 aliphatic carbocycles. The highest BCUT2D eigenvalue weighted by atomic mass is 79.9. The van der Waals surface area contributed by atoms with Gasteiger partial charge in [-0.2, -0.15) is 0 Å². The summed E-state index contributed by atoms with van der Waals surface area (Å²) >= 11 is 3.43. The van der Waals surface area contributed by atoms with Crippen LogP contribution in [0.3, 0.4) is 0 Å². The van der Waals surface area contributed by atoms with Crippen molar-refractivity contribution in [2.24, 2.45) is 4.99 Å². The Morgan fingerprint density at radius 2 is 1.88 bits per heavy atom. The molecule has 3 rings (SSSR count). The fourth-order valence-electron chi connectivity index (χ4n) is 2.83. The number of aliphatic imine (C=N–C) groups is 1. The van der Waals surface area contributed by atoms with E-state index in [1.165, 1.54) is 0 Å². The first kappa shape index (κ1) is 23.3. The summed E-state index contributed by atoms with van der Waals surface area (Å²) in [6, 6.07) is 10.4. The molecule has 0 saturated heterocycles. The summed E-state index contributed by atoms with van der Waals surface area (Å²) in [5.41, 5.74) is 1.43. The van der Waals surface area contributed by atoms with Gasteiger partial charge in [0.2, 0.25) is 5.90 Å². The average Bonchev–Trinajstić information content (AvgIpc) is 3.13. The fourth-order valence-corrected chi connectivity index (χ4v) is 3.41. The van der Waals surface area contributed by atoms with Crippen molar-refractivity contribution < 1.29 is 33.3 Å². The van der Waals surface area contributed by atoms with Crippen LogP contribution >= 0.6 is 15.9 Å². The van der Waals surface area contributed by atoms with E-state index in [0.29, 0.717) is 39.5 Å². The number of cyclic esters (lactones) is 1. The minimum atomic E-state index is -0.562. The number of ether oxygens (including phenoxy) is 5. The first-order valence-corrected chi connectivity index (χ1v) is 10.7. The Bertz CT molecular complexity index is 1060. The lowest BCUT2D eigenvalue weighted by atomic mass is 10.1. The molecule has 9 heteroatoms. The number of carbonyl (C=O) groups is 2. The van der Waals surface area contributed by atoms with Crippen molar-refractivity contribution in [1.29, 1.82) is 0 Å². The van der Waals surface area contributed by atoms with Crippen LogP contribution in [0.4, 0.5) is 0 Å². The zero-order valence-corrected chi connectivity index (χ0v) is 19.4. The van der Waals surface area contributed by atoms with E-state index in [0.717, 1.165) is 0 Å². The molecule has 0 fully saturated rings. The lowest BCUT2D eigenvalue weighted by Crippen LogP contribution is -2.15. The van der Waals surface area contributed by atoms with Gasteiger partial charge in [0.15, 0.2) is 23.8 Å². The van der Waals surface area contributed by atoms with Gasteiger partial charge in [0.05, 0.1) is 24.8 Å². The highest BCUT2D eigenvalue weighted by Gasteiger charge is 2.24. The highest BCUT2D eigenvalue weighted by Crippen LogP contribution is 2.38. The van der Waals surface area contributed by atoms with E-state index in [1.807, 2.05) is 6.92 Å². The van der Waals surface area contributed by atoms with Crippen LogP contribution in [0.2, 0.25) is 0 Å². The smallest absolute Gasteiger partial charge is 0.363 e. The zero-order valence-electron chi connectivity index (χ0n) is 17.8. The second-order valence-electron chi connectivity index (χ2n) is 6.42. The van der Waals surface area contributed by atoms with Gasteiger partial charge in [0.1, 0.15) is 5.75 Å². The van der Waals surface area contributed by atoms with E-state index >= 15 is 0 Å². The molecule has 2 aromatic carbocycles. The summed E-state index contributed by atoms with van der Waals surface area (Å²) in [5.74, 6) is 0.618. The van der Waals surface area contributed by atoms with Crippen LogP contribution < -0.4 is 14.2 Å². The van der Waals surface area contributed by atoms with Gasteiger partial charge < -0.3 is 23.7 Å². The minimum Gasteiger partial charge on any atom is -0.497 e. The van der Waals surface area contributed by atoms with Crippen LogP contribution in [0.1, 0.15) is 25.0 Å². The van der Waals surface area contributed by atoms with Crippen molar-refractivity contribution in [3.63, 3.8) is 0 Å². The molecule has 0 unspecified atom stereocenters. The lowest BCUT2D eigenvalue weighted by molar-refractivity contribution is -0.145. The van der Waals surface area contributed by atoms with Gasteiger partial charge >= 0.3 is 11.9 Å². The molecule has 32 heavy (non-hydrogen) atoms. The standard InChI is InChI=1S/C23H22BrNO7/c1-4-29-19-12-14(10-17(24)21(19)31-13-20(26)30-5-2)11-18-23(27)32-22(25-18)15-6-8-16(28-3)9-7-15/h6-12H,4-5,13H2,1-3H3/b18-11+. The Morgan fingerprint density at radius 1 is 1.12 bits per heavy atom. The lowest BCUT2D eigenvalue weighted by Gasteiger charge is -2.14. The number of benzene rings is 2. The van der Waals surface area contributed by atoms with E-state index in [9.17, 15) is 9.59 Å². The summed E-state index contributed by atoms with van der Waals surface area (Å²) in [4.78, 5) is 28.3. The Labute approximate surface area is 193 Å². The number of nitrogens with zero attached hydrogens (tertiary/aromatic N) is 1. The maximum absolute atomic E-state index is 12.3. The monoisotopic (exact) mass is 503 g/mol. The van der Waals surface area contributed by atoms with E-state index in [2.05, 4.69) is 20.9 Å². The first-order chi connectivity index (χ1) is 15.4. The number of rotatable bonds is 9. The van der Waals surface area contributed by atoms with E-state index in [4.69, 9.17) is 23.7 Å². The average molecular weight is 504 g/mol. The topological polar surface area (TPSA) is 92.7 Å². The van der Waals surface area contributed by atoms with Gasteiger partial charge in [-0.05, 0) is 77.8 Å². The van der Waals surface area contributed by atoms with Crippen molar-refractivity contribution in [2.75, 3.05) is 26.9 Å². The van der Waals surface area contributed by atoms with Crippen molar-refractivity contribution in [2.45, 2.75) is 13.8 Å². The van der Waals surface area contributed by atoms with Crippen LogP contribution in [-0.4, -0.2) is 44.8 Å². The molecule has 168 valence electrons. The van der Waals surface area contributed by atoms with E-state index < -0.39 is 11.9 Å². The number of hydrogen-bond acceptors (Lipinski definition) is 8. The number of methoxy groups -OCH3 is 1. The molecule has 0 bridgehead atoms. The molecule has 0 N–H and O–H groups in total. The highest BCUT2D eigenvalue weighted by molar-refractivity contribution is 9.10. The van der Waals surface area contributed by atoms with Crippen LogP contribution in [0.15, 0.2) is 51.6 Å². The van der Waals surface area contributed by atoms with Crippen molar-refractivity contribution in [3.05, 3.63) is 57.7 Å². The third-order valence-corrected chi connectivity index (χ3v) is 4.82. The molecular weight excluding hydrogens is 482 g/mol. The SMILES string of the molecule is CCOC(=O)COc1c(Br)cc(/C=C2/N=C(c3ccc(OC)cc3)OC2=O)cc1OCC. The van der Waals surface area contributed by atoms with Gasteiger partial charge in [-0.1, -0.05) is 0 Å². The quantitative estimate of drug-likeness (QED) is 0.374. The molecule has 0 atom stereocenters. The number of carbonyl (C=O) groups excluding carboxylic acids is 2. The molecule has 1 aliphatic rings. The van der Waals surface area contributed by atoms with Crippen LogP contribution in [0, 0.1) is 0 Å². The third-order valence-electron chi connectivity index (χ3n) is 4.23. The summed E-state index contributed by atoms with van der Waals surface area (Å²) in [7, 11) is 1.57. The Kier molecular flexibility index (Phi) is 7.88. The number of hydrogen-bond donors (Lipinski definition) is 0. The molecule has 0 amide bonds.